The number of sulfone groups is 1. The topological polar surface area (TPSA) is 76.6 Å². The molecule has 0 aliphatic carbocycles. The number of thiazole rings is 1. The molecule has 1 aromatic carbocycles. The average molecular weight is 423 g/mol. The second-order valence-corrected chi connectivity index (χ2v) is 10.2. The third-order valence-corrected chi connectivity index (χ3v) is 7.01. The number of ether oxygens (including phenoxy) is 1. The average Bonchev–Trinajstić information content (AvgIpc) is 3.08. The monoisotopic (exact) mass is 422 g/mol. The van der Waals surface area contributed by atoms with E-state index in [1.165, 1.54) is 16.9 Å². The molecule has 152 valence electrons. The van der Waals surface area contributed by atoms with Gasteiger partial charge in [-0.25, -0.2) is 13.4 Å². The molecule has 28 heavy (non-hydrogen) atoms. The maximum Gasteiger partial charge on any atom is 0.237 e. The highest BCUT2D eigenvalue weighted by Gasteiger charge is 2.29. The summed E-state index contributed by atoms with van der Waals surface area (Å²) in [7, 11) is -3.59. The molecule has 8 heteroatoms. The van der Waals surface area contributed by atoms with Crippen LogP contribution in [-0.2, 0) is 31.5 Å². The van der Waals surface area contributed by atoms with E-state index in [9.17, 15) is 13.2 Å². The molecule has 1 fully saturated rings. The Balaban J connectivity index is 1.64. The highest BCUT2D eigenvalue weighted by atomic mass is 32.2. The van der Waals surface area contributed by atoms with Gasteiger partial charge in [0.25, 0.3) is 0 Å². The number of carbonyl (C=O) groups excluding carboxylic acids is 1. The van der Waals surface area contributed by atoms with Crippen molar-refractivity contribution in [1.29, 1.82) is 0 Å². The van der Waals surface area contributed by atoms with E-state index in [1.54, 1.807) is 10.3 Å². The summed E-state index contributed by atoms with van der Waals surface area (Å²) in [5, 5.41) is 2.54. The predicted octanol–water partition coefficient (Wildman–Crippen LogP) is 2.92. The van der Waals surface area contributed by atoms with Crippen molar-refractivity contribution >= 4 is 27.1 Å². The molecule has 2 atom stereocenters. The van der Waals surface area contributed by atoms with Crippen molar-refractivity contribution in [3.63, 3.8) is 0 Å². The number of hydrogen-bond donors (Lipinski definition) is 0. The number of aryl methyl sites for hydroxylation is 1. The summed E-state index contributed by atoms with van der Waals surface area (Å²) < 4.78 is 30.7. The summed E-state index contributed by atoms with van der Waals surface area (Å²) in [4.78, 5) is 18.5. The first-order valence-corrected chi connectivity index (χ1v) is 12.1. The number of morpholine rings is 1. The summed E-state index contributed by atoms with van der Waals surface area (Å²) in [5.41, 5.74) is 2.70. The first-order chi connectivity index (χ1) is 13.3. The third kappa shape index (κ3) is 5.40. The Hall–Kier alpha value is -1.77. The summed E-state index contributed by atoms with van der Waals surface area (Å²) in [6.45, 7) is 6.71. The van der Waals surface area contributed by atoms with Crippen LogP contribution in [0.2, 0.25) is 0 Å². The molecule has 2 aromatic rings. The van der Waals surface area contributed by atoms with Crippen molar-refractivity contribution in [1.82, 2.24) is 9.88 Å². The van der Waals surface area contributed by atoms with Gasteiger partial charge in [0, 0.05) is 24.0 Å². The van der Waals surface area contributed by atoms with Crippen molar-refractivity contribution in [2.75, 3.05) is 18.8 Å². The maximum atomic E-state index is 12.5. The Kier molecular flexibility index (Phi) is 6.52. The third-order valence-electron chi connectivity index (χ3n) is 4.64. The van der Waals surface area contributed by atoms with Crippen molar-refractivity contribution in [2.45, 2.75) is 45.2 Å². The first-order valence-electron chi connectivity index (χ1n) is 9.43. The number of carbonyl (C=O) groups is 1. The minimum atomic E-state index is -3.59. The van der Waals surface area contributed by atoms with Crippen LogP contribution in [0.3, 0.4) is 0 Å². The highest BCUT2D eigenvalue weighted by Crippen LogP contribution is 2.25. The number of benzene rings is 1. The van der Waals surface area contributed by atoms with Gasteiger partial charge in [0.1, 0.15) is 10.8 Å². The molecule has 1 saturated heterocycles. The molecular weight excluding hydrogens is 396 g/mol. The van der Waals surface area contributed by atoms with E-state index in [2.05, 4.69) is 24.0 Å². The van der Waals surface area contributed by atoms with Crippen LogP contribution in [0.1, 0.15) is 32.0 Å². The van der Waals surface area contributed by atoms with Crippen molar-refractivity contribution < 1.29 is 17.9 Å². The van der Waals surface area contributed by atoms with E-state index < -0.39 is 15.6 Å². The Labute approximate surface area is 170 Å². The molecule has 1 aliphatic heterocycles. The fraction of sp³-hybridized carbons (Fsp3) is 0.500. The Morgan fingerprint density at radius 2 is 1.86 bits per heavy atom. The molecule has 0 radical (unpaired) electrons. The molecule has 0 saturated carbocycles. The first kappa shape index (κ1) is 21.0. The Morgan fingerprint density at radius 3 is 2.46 bits per heavy atom. The summed E-state index contributed by atoms with van der Waals surface area (Å²) in [6.07, 6.45) is 0.794. The minimum Gasteiger partial charge on any atom is -0.372 e. The molecule has 1 amide bonds. The summed E-state index contributed by atoms with van der Waals surface area (Å²) >= 11 is 1.42. The number of amides is 1. The maximum absolute atomic E-state index is 12.5. The zero-order valence-electron chi connectivity index (χ0n) is 16.4. The molecule has 1 aliphatic rings. The van der Waals surface area contributed by atoms with Crippen LogP contribution in [-0.4, -0.2) is 55.3 Å². The van der Waals surface area contributed by atoms with Gasteiger partial charge in [0.2, 0.25) is 5.91 Å². The van der Waals surface area contributed by atoms with Gasteiger partial charge in [-0.15, -0.1) is 11.3 Å². The number of hydrogen-bond acceptors (Lipinski definition) is 6. The molecule has 0 N–H and O–H groups in total. The second kappa shape index (κ2) is 8.71. The smallest absolute Gasteiger partial charge is 0.237 e. The molecule has 6 nitrogen and oxygen atoms in total. The lowest BCUT2D eigenvalue weighted by Gasteiger charge is -2.35. The van der Waals surface area contributed by atoms with E-state index in [0.717, 1.165) is 17.0 Å². The van der Waals surface area contributed by atoms with E-state index in [4.69, 9.17) is 4.74 Å². The predicted molar refractivity (Wildman–Crippen MR) is 111 cm³/mol. The van der Waals surface area contributed by atoms with Gasteiger partial charge in [-0.2, -0.15) is 0 Å². The molecule has 1 aromatic heterocycles. The molecule has 0 bridgehead atoms. The number of aromatic nitrogens is 1. The minimum absolute atomic E-state index is 0.0874. The highest BCUT2D eigenvalue weighted by molar-refractivity contribution is 7.91. The molecule has 2 heterocycles. The molecule has 2 unspecified atom stereocenters. The lowest BCUT2D eigenvalue weighted by Crippen LogP contribution is -2.49. The van der Waals surface area contributed by atoms with Crippen LogP contribution in [0.25, 0.3) is 10.6 Å². The van der Waals surface area contributed by atoms with Gasteiger partial charge in [-0.3, -0.25) is 4.79 Å². The van der Waals surface area contributed by atoms with E-state index in [-0.39, 0.29) is 23.9 Å². The van der Waals surface area contributed by atoms with Gasteiger partial charge >= 0.3 is 0 Å². The van der Waals surface area contributed by atoms with Gasteiger partial charge in [0.15, 0.2) is 9.84 Å². The zero-order chi connectivity index (χ0) is 20.3. The van der Waals surface area contributed by atoms with Gasteiger partial charge < -0.3 is 9.64 Å². The largest absolute Gasteiger partial charge is 0.372 e. The van der Waals surface area contributed by atoms with Crippen molar-refractivity contribution in [3.05, 3.63) is 40.9 Å². The fourth-order valence-corrected chi connectivity index (χ4v) is 5.52. The SMILES string of the molecule is CCc1ccc(-c2nc(CS(=O)(=O)CC(=O)N3CC(C)OC(C)C3)cs2)cc1. The van der Waals surface area contributed by atoms with Gasteiger partial charge in [0.05, 0.1) is 23.7 Å². The van der Waals surface area contributed by atoms with Crippen molar-refractivity contribution in [2.24, 2.45) is 0 Å². The van der Waals surface area contributed by atoms with E-state index >= 15 is 0 Å². The van der Waals surface area contributed by atoms with Crippen molar-refractivity contribution in [3.8, 4) is 10.6 Å². The Bertz CT molecular complexity index is 912. The lowest BCUT2D eigenvalue weighted by molar-refractivity contribution is -0.140. The summed E-state index contributed by atoms with van der Waals surface area (Å²) in [5.74, 6) is -1.09. The van der Waals surface area contributed by atoms with Gasteiger partial charge in [-0.1, -0.05) is 31.2 Å². The zero-order valence-corrected chi connectivity index (χ0v) is 18.1. The molecule has 3 rings (SSSR count). The van der Waals surface area contributed by atoms with Crippen LogP contribution >= 0.6 is 11.3 Å². The van der Waals surface area contributed by atoms with Crippen LogP contribution in [0, 0.1) is 0 Å². The number of nitrogens with zero attached hydrogens (tertiary/aromatic N) is 2. The quantitative estimate of drug-likeness (QED) is 0.715. The van der Waals surface area contributed by atoms with Crippen LogP contribution < -0.4 is 0 Å². The molecular formula is C20H26N2O4S2. The fourth-order valence-electron chi connectivity index (χ4n) is 3.33. The van der Waals surface area contributed by atoms with E-state index in [1.807, 2.05) is 26.0 Å². The van der Waals surface area contributed by atoms with Crippen LogP contribution in [0.15, 0.2) is 29.6 Å². The van der Waals surface area contributed by atoms with Crippen LogP contribution in [0.4, 0.5) is 0 Å². The lowest BCUT2D eigenvalue weighted by atomic mass is 10.1. The summed E-state index contributed by atoms with van der Waals surface area (Å²) in [6, 6.07) is 8.10. The van der Waals surface area contributed by atoms with E-state index in [0.29, 0.717) is 18.8 Å². The molecule has 0 spiro atoms. The normalized spacial score (nSPS) is 20.3. The van der Waals surface area contributed by atoms with Gasteiger partial charge in [-0.05, 0) is 25.8 Å². The van der Waals surface area contributed by atoms with Crippen LogP contribution in [0.5, 0.6) is 0 Å². The number of rotatable bonds is 6. The second-order valence-electron chi connectivity index (χ2n) is 7.28. The standard InChI is InChI=1S/C20H26N2O4S2/c1-4-16-5-7-17(8-6-16)20-21-18(11-27-20)12-28(24,25)13-19(23)22-9-14(2)26-15(3)10-22/h5-8,11,14-15H,4,9-10,12-13H2,1-3H3. The Morgan fingerprint density at radius 1 is 1.21 bits per heavy atom.